The molecule has 0 spiro atoms. The SMILES string of the molecule is CC#CCC(O)c1cccc2ccccc12. The maximum atomic E-state index is 10.0. The van der Waals surface area contributed by atoms with Crippen molar-refractivity contribution < 1.29 is 5.11 Å². The van der Waals surface area contributed by atoms with Crippen LogP contribution in [0.3, 0.4) is 0 Å². The third kappa shape index (κ3) is 2.08. The summed E-state index contributed by atoms with van der Waals surface area (Å²) >= 11 is 0. The Morgan fingerprint density at radius 3 is 2.69 bits per heavy atom. The van der Waals surface area contributed by atoms with Gasteiger partial charge >= 0.3 is 0 Å². The van der Waals surface area contributed by atoms with Gasteiger partial charge in [0, 0.05) is 6.42 Å². The maximum absolute atomic E-state index is 10.0. The van der Waals surface area contributed by atoms with Gasteiger partial charge < -0.3 is 5.11 Å². The summed E-state index contributed by atoms with van der Waals surface area (Å²) in [6.07, 6.45) is -0.0108. The highest BCUT2D eigenvalue weighted by Crippen LogP contribution is 2.25. The van der Waals surface area contributed by atoms with Gasteiger partial charge in [-0.1, -0.05) is 42.5 Å². The smallest absolute Gasteiger partial charge is 0.0905 e. The minimum absolute atomic E-state index is 0.491. The highest BCUT2D eigenvalue weighted by molar-refractivity contribution is 5.85. The Morgan fingerprint density at radius 1 is 1.12 bits per heavy atom. The van der Waals surface area contributed by atoms with E-state index >= 15 is 0 Å². The molecule has 0 amide bonds. The quantitative estimate of drug-likeness (QED) is 0.754. The molecule has 0 saturated heterocycles. The molecule has 1 unspecified atom stereocenters. The van der Waals surface area contributed by atoms with Gasteiger partial charge in [-0.15, -0.1) is 11.8 Å². The van der Waals surface area contributed by atoms with Crippen LogP contribution in [0.25, 0.3) is 10.8 Å². The first-order valence-electron chi connectivity index (χ1n) is 5.38. The molecule has 2 aromatic rings. The van der Waals surface area contributed by atoms with Crippen molar-refractivity contribution in [2.24, 2.45) is 0 Å². The van der Waals surface area contributed by atoms with Crippen LogP contribution in [0.5, 0.6) is 0 Å². The summed E-state index contributed by atoms with van der Waals surface area (Å²) in [6.45, 7) is 1.79. The summed E-state index contributed by atoms with van der Waals surface area (Å²) in [5.74, 6) is 5.72. The predicted octanol–water partition coefficient (Wildman–Crippen LogP) is 3.29. The number of hydrogen-bond acceptors (Lipinski definition) is 1. The van der Waals surface area contributed by atoms with Crippen molar-refractivity contribution in [3.63, 3.8) is 0 Å². The van der Waals surface area contributed by atoms with Gasteiger partial charge in [-0.2, -0.15) is 0 Å². The summed E-state index contributed by atoms with van der Waals surface area (Å²) in [5, 5.41) is 12.3. The van der Waals surface area contributed by atoms with Gasteiger partial charge in [-0.05, 0) is 23.3 Å². The monoisotopic (exact) mass is 210 g/mol. The van der Waals surface area contributed by atoms with Crippen LogP contribution in [0.1, 0.15) is 25.0 Å². The van der Waals surface area contributed by atoms with Crippen LogP contribution in [0.15, 0.2) is 42.5 Å². The molecule has 0 aromatic heterocycles. The first-order chi connectivity index (χ1) is 7.83. The van der Waals surface area contributed by atoms with Crippen LogP contribution in [0, 0.1) is 11.8 Å². The standard InChI is InChI=1S/C15H14O/c1-2-3-11-15(16)14-10-6-8-12-7-4-5-9-13(12)14/h4-10,15-16H,11H2,1H3. The molecular weight excluding hydrogens is 196 g/mol. The van der Waals surface area contributed by atoms with E-state index in [4.69, 9.17) is 0 Å². The second-order valence-electron chi connectivity index (χ2n) is 3.72. The van der Waals surface area contributed by atoms with E-state index in [-0.39, 0.29) is 0 Å². The Kier molecular flexibility index (Phi) is 3.24. The van der Waals surface area contributed by atoms with Crippen LogP contribution in [0.4, 0.5) is 0 Å². The lowest BCUT2D eigenvalue weighted by molar-refractivity contribution is 0.185. The number of aliphatic hydroxyl groups is 1. The van der Waals surface area contributed by atoms with Crippen LogP contribution in [0.2, 0.25) is 0 Å². The lowest BCUT2D eigenvalue weighted by Gasteiger charge is -2.10. The molecule has 0 bridgehead atoms. The van der Waals surface area contributed by atoms with Gasteiger partial charge in [-0.25, -0.2) is 0 Å². The van der Waals surface area contributed by atoms with E-state index in [1.54, 1.807) is 6.92 Å². The molecule has 0 heterocycles. The molecule has 2 aromatic carbocycles. The van der Waals surface area contributed by atoms with Crippen molar-refractivity contribution >= 4 is 10.8 Å². The minimum atomic E-state index is -0.501. The van der Waals surface area contributed by atoms with Gasteiger partial charge in [0.25, 0.3) is 0 Å². The van der Waals surface area contributed by atoms with E-state index in [2.05, 4.69) is 24.0 Å². The summed E-state index contributed by atoms with van der Waals surface area (Å²) in [7, 11) is 0. The van der Waals surface area contributed by atoms with E-state index in [1.807, 2.05) is 30.3 Å². The molecule has 0 radical (unpaired) electrons. The zero-order chi connectivity index (χ0) is 11.4. The molecule has 80 valence electrons. The van der Waals surface area contributed by atoms with Crippen LogP contribution in [-0.2, 0) is 0 Å². The predicted molar refractivity (Wildman–Crippen MR) is 67.0 cm³/mol. The van der Waals surface area contributed by atoms with Crippen molar-refractivity contribution in [3.8, 4) is 11.8 Å². The van der Waals surface area contributed by atoms with E-state index in [1.165, 1.54) is 0 Å². The summed E-state index contributed by atoms with van der Waals surface area (Å²) in [4.78, 5) is 0. The van der Waals surface area contributed by atoms with Gasteiger partial charge in [0.2, 0.25) is 0 Å². The van der Waals surface area contributed by atoms with E-state index in [9.17, 15) is 5.11 Å². The Morgan fingerprint density at radius 2 is 1.88 bits per heavy atom. The lowest BCUT2D eigenvalue weighted by atomic mass is 9.99. The second-order valence-corrected chi connectivity index (χ2v) is 3.72. The summed E-state index contributed by atoms with van der Waals surface area (Å²) < 4.78 is 0. The van der Waals surface area contributed by atoms with Gasteiger partial charge in [-0.3, -0.25) is 0 Å². The molecular formula is C15H14O. The number of aliphatic hydroxyl groups excluding tert-OH is 1. The molecule has 16 heavy (non-hydrogen) atoms. The Hall–Kier alpha value is -1.78. The van der Waals surface area contributed by atoms with Gasteiger partial charge in [0.1, 0.15) is 0 Å². The minimum Gasteiger partial charge on any atom is -0.387 e. The van der Waals surface area contributed by atoms with Gasteiger partial charge in [0.05, 0.1) is 6.10 Å². The number of fused-ring (bicyclic) bond motifs is 1. The molecule has 1 nitrogen and oxygen atoms in total. The molecule has 0 aliphatic carbocycles. The Bertz CT molecular complexity index is 541. The molecule has 1 atom stereocenters. The fourth-order valence-corrected chi connectivity index (χ4v) is 1.85. The molecule has 0 aliphatic rings. The number of hydrogen-bond donors (Lipinski definition) is 1. The molecule has 1 heteroatoms. The highest BCUT2D eigenvalue weighted by Gasteiger charge is 2.08. The fourth-order valence-electron chi connectivity index (χ4n) is 1.85. The summed E-state index contributed by atoms with van der Waals surface area (Å²) in [5.41, 5.74) is 0.959. The van der Waals surface area contributed by atoms with Crippen LogP contribution in [-0.4, -0.2) is 5.11 Å². The van der Waals surface area contributed by atoms with Crippen molar-refractivity contribution in [3.05, 3.63) is 48.0 Å². The Labute approximate surface area is 95.7 Å². The largest absolute Gasteiger partial charge is 0.387 e. The van der Waals surface area contributed by atoms with Crippen molar-refractivity contribution in [2.75, 3.05) is 0 Å². The maximum Gasteiger partial charge on any atom is 0.0905 e. The average molecular weight is 210 g/mol. The molecule has 0 saturated carbocycles. The molecule has 1 N–H and O–H groups in total. The zero-order valence-corrected chi connectivity index (χ0v) is 9.27. The molecule has 0 fully saturated rings. The first-order valence-corrected chi connectivity index (χ1v) is 5.38. The average Bonchev–Trinajstić information content (AvgIpc) is 2.35. The summed E-state index contributed by atoms with van der Waals surface area (Å²) in [6, 6.07) is 14.1. The second kappa shape index (κ2) is 4.83. The number of rotatable bonds is 2. The normalized spacial score (nSPS) is 11.9. The highest BCUT2D eigenvalue weighted by atomic mass is 16.3. The van der Waals surface area contributed by atoms with E-state index in [0.717, 1.165) is 16.3 Å². The van der Waals surface area contributed by atoms with Crippen molar-refractivity contribution in [1.82, 2.24) is 0 Å². The third-order valence-corrected chi connectivity index (χ3v) is 2.65. The van der Waals surface area contributed by atoms with E-state index < -0.39 is 6.10 Å². The molecule has 0 aliphatic heterocycles. The topological polar surface area (TPSA) is 20.2 Å². The first kappa shape index (κ1) is 10.7. The van der Waals surface area contributed by atoms with E-state index in [0.29, 0.717) is 6.42 Å². The zero-order valence-electron chi connectivity index (χ0n) is 9.27. The van der Waals surface area contributed by atoms with Crippen molar-refractivity contribution in [2.45, 2.75) is 19.4 Å². The Balaban J connectivity index is 2.46. The van der Waals surface area contributed by atoms with Gasteiger partial charge in [0.15, 0.2) is 0 Å². The van der Waals surface area contributed by atoms with Crippen LogP contribution >= 0.6 is 0 Å². The van der Waals surface area contributed by atoms with Crippen LogP contribution < -0.4 is 0 Å². The third-order valence-electron chi connectivity index (χ3n) is 2.65. The fraction of sp³-hybridized carbons (Fsp3) is 0.200. The lowest BCUT2D eigenvalue weighted by Crippen LogP contribution is -1.96. The number of benzene rings is 2. The van der Waals surface area contributed by atoms with Crippen molar-refractivity contribution in [1.29, 1.82) is 0 Å². The molecule has 2 rings (SSSR count).